The van der Waals surface area contributed by atoms with E-state index in [-0.39, 0.29) is 5.88 Å². The van der Waals surface area contributed by atoms with Gasteiger partial charge in [-0.2, -0.15) is 0 Å². The number of aromatic nitrogens is 1. The van der Waals surface area contributed by atoms with Crippen LogP contribution in [-0.2, 0) is 0 Å². The maximum atomic E-state index is 13.3. The SMILES string of the molecule is COc1ccc([C@@H]2C(c3nc(-c4ccccc4)cs3)=C(N)Oc3c2c(=O)oc2ccccc32)cc1. The number of ether oxygens (including phenoxy) is 2. The molecule has 172 valence electrons. The molecule has 2 aromatic heterocycles. The van der Waals surface area contributed by atoms with Crippen LogP contribution in [-0.4, -0.2) is 12.1 Å². The second-order valence-electron chi connectivity index (χ2n) is 8.12. The normalized spacial score (nSPS) is 15.1. The van der Waals surface area contributed by atoms with Crippen LogP contribution in [0.5, 0.6) is 11.5 Å². The van der Waals surface area contributed by atoms with Crippen molar-refractivity contribution in [2.45, 2.75) is 5.92 Å². The summed E-state index contributed by atoms with van der Waals surface area (Å²) < 4.78 is 17.2. The predicted molar refractivity (Wildman–Crippen MR) is 137 cm³/mol. The molecule has 7 heteroatoms. The van der Waals surface area contributed by atoms with Gasteiger partial charge in [-0.25, -0.2) is 9.78 Å². The number of rotatable bonds is 4. The van der Waals surface area contributed by atoms with Gasteiger partial charge in [-0.15, -0.1) is 11.3 Å². The lowest BCUT2D eigenvalue weighted by Crippen LogP contribution is -2.26. The van der Waals surface area contributed by atoms with E-state index >= 15 is 0 Å². The van der Waals surface area contributed by atoms with E-state index in [1.54, 1.807) is 13.2 Å². The van der Waals surface area contributed by atoms with E-state index in [2.05, 4.69) is 0 Å². The molecule has 2 N–H and O–H groups in total. The Labute approximate surface area is 204 Å². The zero-order valence-electron chi connectivity index (χ0n) is 18.7. The lowest BCUT2D eigenvalue weighted by Gasteiger charge is -2.28. The van der Waals surface area contributed by atoms with Crippen LogP contribution in [0.15, 0.2) is 99.3 Å². The molecule has 0 bridgehead atoms. The van der Waals surface area contributed by atoms with Gasteiger partial charge in [0.15, 0.2) is 11.6 Å². The van der Waals surface area contributed by atoms with Crippen molar-refractivity contribution < 1.29 is 13.9 Å². The van der Waals surface area contributed by atoms with E-state index in [9.17, 15) is 4.79 Å². The number of methoxy groups -OCH3 is 1. The minimum atomic E-state index is -0.528. The quantitative estimate of drug-likeness (QED) is 0.328. The second-order valence-corrected chi connectivity index (χ2v) is 8.98. The van der Waals surface area contributed by atoms with Crippen LogP contribution in [0, 0.1) is 0 Å². The molecule has 0 unspecified atom stereocenters. The first-order valence-corrected chi connectivity index (χ1v) is 11.9. The summed E-state index contributed by atoms with van der Waals surface area (Å²) in [6, 6.07) is 24.8. The highest BCUT2D eigenvalue weighted by Gasteiger charge is 2.37. The molecule has 0 amide bonds. The number of para-hydroxylation sites is 1. The van der Waals surface area contributed by atoms with Crippen molar-refractivity contribution >= 4 is 27.9 Å². The summed E-state index contributed by atoms with van der Waals surface area (Å²) in [6.45, 7) is 0. The van der Waals surface area contributed by atoms with Crippen LogP contribution in [0.3, 0.4) is 0 Å². The standard InChI is InChI=1S/C28H20N2O4S/c1-32-18-13-11-17(12-14-18)22-23-25(19-9-5-6-10-21(19)33-28(23)31)34-26(29)24(22)27-30-20(15-35-27)16-7-3-2-4-8-16/h2-15,22H,29H2,1H3/t22-/m0/s1. The molecule has 0 fully saturated rings. The minimum absolute atomic E-state index is 0.211. The first-order chi connectivity index (χ1) is 17.1. The van der Waals surface area contributed by atoms with Crippen LogP contribution >= 0.6 is 11.3 Å². The number of thiazole rings is 1. The van der Waals surface area contributed by atoms with Crippen LogP contribution in [0.1, 0.15) is 22.1 Å². The third kappa shape index (κ3) is 3.57. The fourth-order valence-electron chi connectivity index (χ4n) is 4.44. The zero-order chi connectivity index (χ0) is 23.9. The lowest BCUT2D eigenvalue weighted by atomic mass is 9.83. The summed E-state index contributed by atoms with van der Waals surface area (Å²) in [7, 11) is 1.61. The third-order valence-corrected chi connectivity index (χ3v) is 6.98. The number of benzene rings is 3. The molecule has 0 spiro atoms. The highest BCUT2D eigenvalue weighted by molar-refractivity contribution is 7.11. The van der Waals surface area contributed by atoms with Crippen molar-refractivity contribution in [3.63, 3.8) is 0 Å². The number of nitrogens with zero attached hydrogens (tertiary/aromatic N) is 1. The van der Waals surface area contributed by atoms with Crippen molar-refractivity contribution in [3.8, 4) is 22.8 Å². The smallest absolute Gasteiger partial charge is 0.344 e. The van der Waals surface area contributed by atoms with Crippen LogP contribution in [0.4, 0.5) is 0 Å². The van der Waals surface area contributed by atoms with E-state index in [4.69, 9.17) is 24.6 Å². The highest BCUT2D eigenvalue weighted by atomic mass is 32.1. The van der Waals surface area contributed by atoms with Crippen molar-refractivity contribution in [1.29, 1.82) is 0 Å². The first kappa shape index (κ1) is 21.2. The molecule has 0 saturated carbocycles. The molecule has 6 rings (SSSR count). The summed E-state index contributed by atoms with van der Waals surface area (Å²) in [6.07, 6.45) is 0. The number of hydrogen-bond donors (Lipinski definition) is 1. The Kier molecular flexibility index (Phi) is 5.12. The monoisotopic (exact) mass is 480 g/mol. The molecule has 5 aromatic rings. The summed E-state index contributed by atoms with van der Waals surface area (Å²) in [5.41, 5.74) is 10.3. The van der Waals surface area contributed by atoms with Gasteiger partial charge in [0, 0.05) is 10.9 Å². The van der Waals surface area contributed by atoms with Gasteiger partial charge in [0.1, 0.15) is 16.3 Å². The highest BCUT2D eigenvalue weighted by Crippen LogP contribution is 2.48. The molecule has 0 saturated heterocycles. The van der Waals surface area contributed by atoms with E-state index in [1.165, 1.54) is 11.3 Å². The Morgan fingerprint density at radius 2 is 1.71 bits per heavy atom. The molecule has 35 heavy (non-hydrogen) atoms. The van der Waals surface area contributed by atoms with Crippen molar-refractivity contribution in [2.75, 3.05) is 7.11 Å². The minimum Gasteiger partial charge on any atom is -0.497 e. The van der Waals surface area contributed by atoms with Crippen LogP contribution < -0.4 is 20.8 Å². The summed E-state index contributed by atoms with van der Waals surface area (Å²) >= 11 is 1.46. The van der Waals surface area contributed by atoms with Gasteiger partial charge >= 0.3 is 5.63 Å². The Balaban J connectivity index is 1.58. The van der Waals surface area contributed by atoms with E-state index < -0.39 is 11.5 Å². The molecule has 3 aromatic carbocycles. The van der Waals surface area contributed by atoms with Gasteiger partial charge in [-0.1, -0.05) is 54.6 Å². The Morgan fingerprint density at radius 3 is 2.49 bits per heavy atom. The number of hydrogen-bond acceptors (Lipinski definition) is 7. The zero-order valence-corrected chi connectivity index (χ0v) is 19.5. The van der Waals surface area contributed by atoms with Gasteiger partial charge in [0.25, 0.3) is 0 Å². The molecule has 0 aliphatic carbocycles. The predicted octanol–water partition coefficient (Wildman–Crippen LogP) is 5.78. The molecule has 1 aliphatic heterocycles. The van der Waals surface area contributed by atoms with Crippen molar-refractivity contribution in [3.05, 3.63) is 117 Å². The lowest BCUT2D eigenvalue weighted by molar-refractivity contribution is 0.399. The van der Waals surface area contributed by atoms with Gasteiger partial charge in [-0.3, -0.25) is 0 Å². The average Bonchev–Trinajstić information content (AvgIpc) is 3.38. The fraction of sp³-hybridized carbons (Fsp3) is 0.0714. The van der Waals surface area contributed by atoms with Gasteiger partial charge in [0.05, 0.1) is 35.2 Å². The topological polar surface area (TPSA) is 87.6 Å². The molecule has 1 atom stereocenters. The summed E-state index contributed by atoms with van der Waals surface area (Å²) in [4.78, 5) is 18.2. The Morgan fingerprint density at radius 1 is 0.971 bits per heavy atom. The average molecular weight is 481 g/mol. The molecule has 0 radical (unpaired) electrons. The van der Waals surface area contributed by atoms with Crippen molar-refractivity contribution in [1.82, 2.24) is 4.98 Å². The largest absolute Gasteiger partial charge is 0.497 e. The maximum absolute atomic E-state index is 13.3. The van der Waals surface area contributed by atoms with E-state index in [0.29, 0.717) is 38.6 Å². The summed E-state index contributed by atoms with van der Waals surface area (Å²) in [5.74, 6) is 0.813. The van der Waals surface area contributed by atoms with Gasteiger partial charge in [-0.05, 0) is 29.8 Å². The maximum Gasteiger partial charge on any atom is 0.344 e. The molecular formula is C28H20N2O4S. The van der Waals surface area contributed by atoms with Crippen molar-refractivity contribution in [2.24, 2.45) is 5.73 Å². The van der Waals surface area contributed by atoms with E-state index in [1.807, 2.05) is 78.2 Å². The van der Waals surface area contributed by atoms with Crippen LogP contribution in [0.25, 0.3) is 27.8 Å². The van der Waals surface area contributed by atoms with E-state index in [0.717, 1.165) is 16.8 Å². The number of nitrogens with two attached hydrogens (primary N) is 1. The van der Waals surface area contributed by atoms with Gasteiger partial charge < -0.3 is 19.6 Å². The third-order valence-electron chi connectivity index (χ3n) is 6.11. The Hall–Kier alpha value is -4.36. The van der Waals surface area contributed by atoms with Crippen LogP contribution in [0.2, 0.25) is 0 Å². The number of allylic oxidation sites excluding steroid dienone is 1. The summed E-state index contributed by atoms with van der Waals surface area (Å²) in [5, 5.41) is 3.35. The number of fused-ring (bicyclic) bond motifs is 3. The molecule has 6 nitrogen and oxygen atoms in total. The molecule has 1 aliphatic rings. The second kappa shape index (κ2) is 8.45. The first-order valence-electron chi connectivity index (χ1n) is 11.0. The molecule has 3 heterocycles. The van der Waals surface area contributed by atoms with Gasteiger partial charge in [0.2, 0.25) is 0 Å². The fourth-order valence-corrected chi connectivity index (χ4v) is 5.35. The Bertz CT molecular complexity index is 1640. The molecular weight excluding hydrogens is 460 g/mol.